The highest BCUT2D eigenvalue weighted by molar-refractivity contribution is 7.88. The van der Waals surface area contributed by atoms with Gasteiger partial charge in [0.25, 0.3) is 0 Å². The summed E-state index contributed by atoms with van der Waals surface area (Å²) >= 11 is 0. The molecule has 8 heteroatoms. The van der Waals surface area contributed by atoms with Crippen LogP contribution in [0.15, 0.2) is 24.3 Å². The summed E-state index contributed by atoms with van der Waals surface area (Å²) in [6, 6.07) is 6.02. The first-order valence-electron chi connectivity index (χ1n) is 7.89. The molecule has 1 fully saturated rings. The lowest BCUT2D eigenvalue weighted by Gasteiger charge is -2.35. The van der Waals surface area contributed by atoms with Crippen molar-refractivity contribution in [3.63, 3.8) is 0 Å². The molecule has 1 aromatic carbocycles. The molecule has 1 heterocycles. The van der Waals surface area contributed by atoms with E-state index in [1.807, 2.05) is 20.0 Å². The van der Waals surface area contributed by atoms with Gasteiger partial charge < -0.3 is 9.08 Å². The molecule has 0 bridgehead atoms. The van der Waals surface area contributed by atoms with Gasteiger partial charge in [0, 0.05) is 12.0 Å². The average molecular weight is 365 g/mol. The van der Waals surface area contributed by atoms with Crippen molar-refractivity contribution in [3.8, 4) is 5.75 Å². The molecule has 1 aliphatic heterocycles. The van der Waals surface area contributed by atoms with Crippen molar-refractivity contribution < 1.29 is 25.8 Å². The van der Waals surface area contributed by atoms with Gasteiger partial charge in [0.15, 0.2) is 0 Å². The lowest BCUT2D eigenvalue weighted by atomic mass is 9.74. The summed E-state index contributed by atoms with van der Waals surface area (Å²) < 4.78 is 64.2. The Morgan fingerprint density at radius 2 is 2.00 bits per heavy atom. The van der Waals surface area contributed by atoms with Crippen LogP contribution in [0.3, 0.4) is 0 Å². The van der Waals surface area contributed by atoms with E-state index in [1.165, 1.54) is 12.1 Å². The lowest BCUT2D eigenvalue weighted by molar-refractivity contribution is -0.0500. The monoisotopic (exact) mass is 365 g/mol. The zero-order chi connectivity index (χ0) is 18.0. The summed E-state index contributed by atoms with van der Waals surface area (Å²) in [6.07, 6.45) is 3.80. The second-order valence-corrected chi connectivity index (χ2v) is 7.88. The average Bonchev–Trinajstić information content (AvgIpc) is 2.68. The van der Waals surface area contributed by atoms with Crippen LogP contribution >= 0.6 is 0 Å². The van der Waals surface area contributed by atoms with E-state index in [4.69, 9.17) is 0 Å². The summed E-state index contributed by atoms with van der Waals surface area (Å²) in [5.74, 6) is -0.301. The minimum atomic E-state index is -5.65. The Morgan fingerprint density at radius 3 is 2.62 bits per heavy atom. The molecule has 1 atom stereocenters. The van der Waals surface area contributed by atoms with Gasteiger partial charge in [0.1, 0.15) is 5.75 Å². The van der Waals surface area contributed by atoms with Crippen LogP contribution < -0.4 is 4.18 Å². The fourth-order valence-electron chi connectivity index (χ4n) is 3.30. The quantitative estimate of drug-likeness (QED) is 0.603. The van der Waals surface area contributed by atoms with Crippen LogP contribution in [0.5, 0.6) is 5.75 Å². The maximum atomic E-state index is 12.5. The molecule has 4 nitrogen and oxygen atoms in total. The van der Waals surface area contributed by atoms with Gasteiger partial charge in [-0.25, -0.2) is 0 Å². The van der Waals surface area contributed by atoms with Gasteiger partial charge in [-0.05, 0) is 50.6 Å². The highest BCUT2D eigenvalue weighted by atomic mass is 32.2. The number of hydrogen-bond acceptors (Lipinski definition) is 4. The van der Waals surface area contributed by atoms with E-state index in [0.717, 1.165) is 44.3 Å². The Hall–Kier alpha value is -1.28. The van der Waals surface area contributed by atoms with Gasteiger partial charge in [-0.2, -0.15) is 21.6 Å². The van der Waals surface area contributed by atoms with Crippen LogP contribution in [0, 0.1) is 0 Å². The Kier molecular flexibility index (Phi) is 5.49. The van der Waals surface area contributed by atoms with Gasteiger partial charge in [-0.3, -0.25) is 0 Å². The largest absolute Gasteiger partial charge is 0.534 e. The summed E-state index contributed by atoms with van der Waals surface area (Å²) in [5.41, 5.74) is -4.84. The SMILES string of the molecule is CCC1(c2cccc(OS(=O)(=O)C(F)(F)F)c2)CCCCN(C)C1. The molecule has 0 radical (unpaired) electrons. The molecule has 0 aliphatic carbocycles. The van der Waals surface area contributed by atoms with Crippen molar-refractivity contribution in [1.29, 1.82) is 0 Å². The standard InChI is InChI=1S/C16H22F3NO3S/c1-3-15(9-4-5-10-20(2)12-15)13-7-6-8-14(11-13)23-24(21,22)16(17,18)19/h6-8,11H,3-5,9-10,12H2,1-2H3. The molecule has 0 amide bonds. The molecule has 0 aromatic heterocycles. The molecular weight excluding hydrogens is 343 g/mol. The summed E-state index contributed by atoms with van der Waals surface area (Å²) in [7, 11) is -3.64. The van der Waals surface area contributed by atoms with E-state index in [2.05, 4.69) is 9.08 Å². The van der Waals surface area contributed by atoms with Gasteiger partial charge in [0.05, 0.1) is 0 Å². The van der Waals surface area contributed by atoms with Gasteiger partial charge >= 0.3 is 15.6 Å². The predicted molar refractivity (Wildman–Crippen MR) is 85.4 cm³/mol. The van der Waals surface area contributed by atoms with Crippen molar-refractivity contribution in [2.24, 2.45) is 0 Å². The number of likely N-dealkylation sites (tertiary alicyclic amines) is 1. The first kappa shape index (κ1) is 19.1. The first-order valence-corrected chi connectivity index (χ1v) is 9.30. The third-order valence-corrected chi connectivity index (χ3v) is 5.61. The Morgan fingerprint density at radius 1 is 1.29 bits per heavy atom. The molecule has 2 rings (SSSR count). The highest BCUT2D eigenvalue weighted by Crippen LogP contribution is 2.38. The van der Waals surface area contributed by atoms with Crippen molar-refractivity contribution in [1.82, 2.24) is 4.90 Å². The minimum Gasteiger partial charge on any atom is -0.376 e. The van der Waals surface area contributed by atoms with Crippen LogP contribution in [0.2, 0.25) is 0 Å². The molecule has 1 saturated heterocycles. The molecule has 0 spiro atoms. The van der Waals surface area contributed by atoms with E-state index in [-0.39, 0.29) is 11.2 Å². The van der Waals surface area contributed by atoms with Gasteiger partial charge in [0.2, 0.25) is 0 Å². The topological polar surface area (TPSA) is 46.6 Å². The number of likely N-dealkylation sites (N-methyl/N-ethyl adjacent to an activating group) is 1. The van der Waals surface area contributed by atoms with Crippen molar-refractivity contribution >= 4 is 10.1 Å². The lowest BCUT2D eigenvalue weighted by Crippen LogP contribution is -2.37. The summed E-state index contributed by atoms with van der Waals surface area (Å²) in [5, 5.41) is 0. The second kappa shape index (κ2) is 6.92. The number of benzene rings is 1. The van der Waals surface area contributed by atoms with E-state index in [9.17, 15) is 21.6 Å². The summed E-state index contributed by atoms with van der Waals surface area (Å²) in [4.78, 5) is 2.20. The third-order valence-electron chi connectivity index (χ3n) is 4.63. The summed E-state index contributed by atoms with van der Waals surface area (Å²) in [6.45, 7) is 3.79. The zero-order valence-electron chi connectivity index (χ0n) is 13.8. The van der Waals surface area contributed by atoms with Crippen LogP contribution in [0.4, 0.5) is 13.2 Å². The Labute approximate surface area is 140 Å². The highest BCUT2D eigenvalue weighted by Gasteiger charge is 2.48. The molecule has 1 aliphatic rings. The van der Waals surface area contributed by atoms with Crippen molar-refractivity contribution in [2.45, 2.75) is 43.5 Å². The maximum absolute atomic E-state index is 12.5. The normalized spacial score (nSPS) is 23.7. The second-order valence-electron chi connectivity index (χ2n) is 6.34. The van der Waals surface area contributed by atoms with Crippen LogP contribution in [0.1, 0.15) is 38.2 Å². The van der Waals surface area contributed by atoms with E-state index < -0.39 is 15.6 Å². The molecule has 0 N–H and O–H groups in total. The number of halogens is 3. The van der Waals surface area contributed by atoms with E-state index >= 15 is 0 Å². The molecule has 1 aromatic rings. The number of hydrogen-bond donors (Lipinski definition) is 0. The van der Waals surface area contributed by atoms with Crippen LogP contribution in [-0.4, -0.2) is 39.0 Å². The molecule has 136 valence electrons. The van der Waals surface area contributed by atoms with E-state index in [1.54, 1.807) is 6.07 Å². The van der Waals surface area contributed by atoms with Gasteiger partial charge in [-0.15, -0.1) is 0 Å². The first-order chi connectivity index (χ1) is 11.1. The van der Waals surface area contributed by atoms with Crippen LogP contribution in [-0.2, 0) is 15.5 Å². The Balaban J connectivity index is 2.35. The Bertz CT molecular complexity index is 675. The zero-order valence-corrected chi connectivity index (χ0v) is 14.6. The van der Waals surface area contributed by atoms with Crippen molar-refractivity contribution in [2.75, 3.05) is 20.1 Å². The van der Waals surface area contributed by atoms with E-state index in [0.29, 0.717) is 0 Å². The van der Waals surface area contributed by atoms with Gasteiger partial charge in [-0.1, -0.05) is 25.5 Å². The molecule has 24 heavy (non-hydrogen) atoms. The number of rotatable bonds is 4. The number of nitrogens with zero attached hydrogens (tertiary/aromatic N) is 1. The third kappa shape index (κ3) is 4.03. The fourth-order valence-corrected chi connectivity index (χ4v) is 3.75. The smallest absolute Gasteiger partial charge is 0.376 e. The fraction of sp³-hybridized carbons (Fsp3) is 0.625. The molecular formula is C16H22F3NO3S. The molecule has 0 saturated carbocycles. The van der Waals surface area contributed by atoms with Crippen molar-refractivity contribution in [3.05, 3.63) is 29.8 Å². The molecule has 1 unspecified atom stereocenters. The maximum Gasteiger partial charge on any atom is 0.534 e. The minimum absolute atomic E-state index is 0.216. The number of alkyl halides is 3. The predicted octanol–water partition coefficient (Wildman–Crippen LogP) is 3.68. The van der Waals surface area contributed by atoms with Crippen LogP contribution in [0.25, 0.3) is 0 Å².